The molecule has 0 radical (unpaired) electrons. The Morgan fingerprint density at radius 2 is 1.95 bits per heavy atom. The molecule has 0 aromatic rings. The lowest BCUT2D eigenvalue weighted by Crippen LogP contribution is -2.39. The summed E-state index contributed by atoms with van der Waals surface area (Å²) in [7, 11) is -3.71. The van der Waals surface area contributed by atoms with E-state index < -0.39 is 39.8 Å². The molecule has 0 aliphatic heterocycles. The lowest BCUT2D eigenvalue weighted by molar-refractivity contribution is -0.192. The van der Waals surface area contributed by atoms with Crippen LogP contribution in [-0.2, 0) is 29.3 Å². The first kappa shape index (κ1) is 18.5. The maximum absolute atomic E-state index is 11.6. The first-order chi connectivity index (χ1) is 9.09. The minimum absolute atomic E-state index is 0.0733. The standard InChI is InChI=1S/C10H17NO8S/c1-7(13)6-8(20(16,17)18)10(15)19-11(2)9(14)4-3-5-12/h5,7-8,13H,3-4,6H2,1-2H3,(H,16,17,18). The molecule has 0 rings (SSSR count). The molecule has 116 valence electrons. The molecular formula is C10H17NO8S. The van der Waals surface area contributed by atoms with Gasteiger partial charge in [-0.2, -0.15) is 13.5 Å². The second kappa shape index (κ2) is 7.92. The van der Waals surface area contributed by atoms with E-state index in [-0.39, 0.29) is 12.8 Å². The normalized spacial score (nSPS) is 14.2. The zero-order chi connectivity index (χ0) is 15.9. The number of hydrogen-bond donors (Lipinski definition) is 2. The number of aliphatic hydroxyl groups excluding tert-OH is 1. The second-order valence-electron chi connectivity index (χ2n) is 4.10. The predicted molar refractivity (Wildman–Crippen MR) is 65.8 cm³/mol. The summed E-state index contributed by atoms with van der Waals surface area (Å²) in [5.41, 5.74) is 0. The van der Waals surface area contributed by atoms with E-state index in [0.717, 1.165) is 7.05 Å². The molecule has 9 nitrogen and oxygen atoms in total. The Morgan fingerprint density at radius 1 is 1.40 bits per heavy atom. The SMILES string of the molecule is CC(O)CC(C(=O)ON(C)C(=O)CCC=O)S(=O)(=O)O. The van der Waals surface area contributed by atoms with Crippen molar-refractivity contribution in [3.8, 4) is 0 Å². The van der Waals surface area contributed by atoms with Crippen LogP contribution in [0.3, 0.4) is 0 Å². The largest absolute Gasteiger partial charge is 0.393 e. The molecule has 0 heterocycles. The topological polar surface area (TPSA) is 138 Å². The van der Waals surface area contributed by atoms with Crippen LogP contribution in [0.4, 0.5) is 0 Å². The van der Waals surface area contributed by atoms with Crippen molar-refractivity contribution in [1.82, 2.24) is 5.06 Å². The highest BCUT2D eigenvalue weighted by Crippen LogP contribution is 2.11. The third-order valence-electron chi connectivity index (χ3n) is 2.23. The van der Waals surface area contributed by atoms with Gasteiger partial charge in [0.1, 0.15) is 6.29 Å². The summed E-state index contributed by atoms with van der Waals surface area (Å²) in [6, 6.07) is 0. The summed E-state index contributed by atoms with van der Waals surface area (Å²) in [6.07, 6.45) is -1.53. The Balaban J connectivity index is 4.76. The number of hydrogen-bond acceptors (Lipinski definition) is 7. The minimum Gasteiger partial charge on any atom is -0.393 e. The summed E-state index contributed by atoms with van der Waals surface area (Å²) in [5.74, 6) is -2.10. The summed E-state index contributed by atoms with van der Waals surface area (Å²) in [5, 5.41) is 7.57. The highest BCUT2D eigenvalue weighted by Gasteiger charge is 2.35. The number of aldehydes is 1. The number of nitrogens with zero attached hydrogens (tertiary/aromatic N) is 1. The maximum atomic E-state index is 11.6. The maximum Gasteiger partial charge on any atom is 0.353 e. The number of carbonyl (C=O) groups is 3. The number of carbonyl (C=O) groups excluding carboxylic acids is 3. The van der Waals surface area contributed by atoms with E-state index >= 15 is 0 Å². The van der Waals surface area contributed by atoms with Crippen LogP contribution in [0.1, 0.15) is 26.2 Å². The van der Waals surface area contributed by atoms with Crippen LogP contribution in [-0.4, -0.2) is 59.7 Å². The Kier molecular flexibility index (Phi) is 7.32. The van der Waals surface area contributed by atoms with Gasteiger partial charge in [-0.05, 0) is 6.92 Å². The molecule has 0 bridgehead atoms. The van der Waals surface area contributed by atoms with E-state index in [1.165, 1.54) is 6.92 Å². The van der Waals surface area contributed by atoms with Gasteiger partial charge in [0.2, 0.25) is 0 Å². The quantitative estimate of drug-likeness (QED) is 0.343. The van der Waals surface area contributed by atoms with Crippen molar-refractivity contribution in [3.63, 3.8) is 0 Å². The summed E-state index contributed by atoms with van der Waals surface area (Å²) >= 11 is 0. The number of aliphatic hydroxyl groups is 1. The number of rotatable bonds is 7. The average Bonchev–Trinajstić information content (AvgIpc) is 2.30. The van der Waals surface area contributed by atoms with E-state index in [9.17, 15) is 22.8 Å². The monoisotopic (exact) mass is 311 g/mol. The molecular weight excluding hydrogens is 294 g/mol. The van der Waals surface area contributed by atoms with Gasteiger partial charge in [0.15, 0.2) is 5.25 Å². The Hall–Kier alpha value is -1.52. The van der Waals surface area contributed by atoms with Crippen LogP contribution < -0.4 is 0 Å². The molecule has 2 unspecified atom stereocenters. The zero-order valence-corrected chi connectivity index (χ0v) is 11.9. The lowest BCUT2D eigenvalue weighted by Gasteiger charge is -2.19. The van der Waals surface area contributed by atoms with Crippen LogP contribution in [0.2, 0.25) is 0 Å². The Labute approximate surface area is 116 Å². The van der Waals surface area contributed by atoms with Gasteiger partial charge >= 0.3 is 5.97 Å². The van der Waals surface area contributed by atoms with Gasteiger partial charge in [0, 0.05) is 26.3 Å². The zero-order valence-electron chi connectivity index (χ0n) is 11.1. The molecule has 20 heavy (non-hydrogen) atoms. The highest BCUT2D eigenvalue weighted by molar-refractivity contribution is 7.87. The fourth-order valence-corrected chi connectivity index (χ4v) is 2.04. The van der Waals surface area contributed by atoms with Crippen molar-refractivity contribution >= 4 is 28.3 Å². The molecule has 1 amide bonds. The fraction of sp³-hybridized carbons (Fsp3) is 0.700. The Morgan fingerprint density at radius 3 is 2.35 bits per heavy atom. The van der Waals surface area contributed by atoms with Crippen molar-refractivity contribution in [1.29, 1.82) is 0 Å². The summed E-state index contributed by atoms with van der Waals surface area (Å²) in [4.78, 5) is 37.5. The molecule has 0 aliphatic carbocycles. The molecule has 0 fully saturated rings. The van der Waals surface area contributed by atoms with E-state index in [0.29, 0.717) is 11.3 Å². The average molecular weight is 311 g/mol. The first-order valence-electron chi connectivity index (χ1n) is 5.66. The summed E-state index contributed by atoms with van der Waals surface area (Å²) < 4.78 is 31.0. The molecule has 0 aliphatic rings. The second-order valence-corrected chi connectivity index (χ2v) is 5.69. The van der Waals surface area contributed by atoms with Gasteiger partial charge in [-0.3, -0.25) is 9.35 Å². The van der Waals surface area contributed by atoms with Gasteiger partial charge in [0.05, 0.1) is 6.10 Å². The molecule has 0 saturated carbocycles. The molecule has 0 saturated heterocycles. The van der Waals surface area contributed by atoms with Gasteiger partial charge in [-0.25, -0.2) is 4.79 Å². The van der Waals surface area contributed by atoms with Crippen molar-refractivity contribution in [2.45, 2.75) is 37.5 Å². The van der Waals surface area contributed by atoms with Gasteiger partial charge in [-0.1, -0.05) is 0 Å². The van der Waals surface area contributed by atoms with E-state index in [4.69, 9.17) is 9.66 Å². The fourth-order valence-electron chi connectivity index (χ4n) is 1.23. The van der Waals surface area contributed by atoms with Crippen molar-refractivity contribution < 1.29 is 37.3 Å². The minimum atomic E-state index is -4.78. The molecule has 10 heteroatoms. The van der Waals surface area contributed by atoms with Crippen molar-refractivity contribution in [2.24, 2.45) is 0 Å². The van der Waals surface area contributed by atoms with Crippen molar-refractivity contribution in [3.05, 3.63) is 0 Å². The van der Waals surface area contributed by atoms with Crippen molar-refractivity contribution in [2.75, 3.05) is 7.05 Å². The van der Waals surface area contributed by atoms with Gasteiger partial charge < -0.3 is 14.7 Å². The number of amides is 1. The van der Waals surface area contributed by atoms with E-state index in [1.54, 1.807) is 0 Å². The Bertz CT molecular complexity index is 458. The van der Waals surface area contributed by atoms with E-state index in [1.807, 2.05) is 0 Å². The van der Waals surface area contributed by atoms with E-state index in [2.05, 4.69) is 4.84 Å². The molecule has 2 N–H and O–H groups in total. The third-order valence-corrected chi connectivity index (χ3v) is 3.34. The molecule has 0 spiro atoms. The third kappa shape index (κ3) is 6.59. The van der Waals surface area contributed by atoms with Crippen LogP contribution in [0, 0.1) is 0 Å². The van der Waals surface area contributed by atoms with Crippen LogP contribution in [0.25, 0.3) is 0 Å². The molecule has 0 aromatic heterocycles. The smallest absolute Gasteiger partial charge is 0.353 e. The molecule has 0 aromatic carbocycles. The van der Waals surface area contributed by atoms with Gasteiger partial charge in [-0.15, -0.1) is 0 Å². The number of hydroxylamine groups is 2. The van der Waals surface area contributed by atoms with Crippen LogP contribution in [0.15, 0.2) is 0 Å². The van der Waals surface area contributed by atoms with Crippen LogP contribution >= 0.6 is 0 Å². The predicted octanol–water partition coefficient (Wildman–Crippen LogP) is -1.09. The summed E-state index contributed by atoms with van der Waals surface area (Å²) in [6.45, 7) is 1.23. The highest BCUT2D eigenvalue weighted by atomic mass is 32.2. The molecule has 2 atom stereocenters. The van der Waals surface area contributed by atoms with Crippen LogP contribution in [0.5, 0.6) is 0 Å². The lowest BCUT2D eigenvalue weighted by atomic mass is 10.2. The first-order valence-corrected chi connectivity index (χ1v) is 7.16. The van der Waals surface area contributed by atoms with Gasteiger partial charge in [0.25, 0.3) is 16.0 Å².